The number of nitrogens with zero attached hydrogens (tertiary/aromatic N) is 11. The molecule has 0 bridgehead atoms. The van der Waals surface area contributed by atoms with Crippen molar-refractivity contribution in [2.45, 2.75) is 0 Å². The normalized spacial score (nSPS) is 10.9. The van der Waals surface area contributed by atoms with E-state index in [1.54, 1.807) is 19.4 Å². The Morgan fingerprint density at radius 2 is 1.45 bits per heavy atom. The molecule has 0 aromatic carbocycles. The fourth-order valence-electron chi connectivity index (χ4n) is 2.78. The van der Waals surface area contributed by atoms with Crippen LogP contribution in [0.15, 0.2) is 61.4 Å². The van der Waals surface area contributed by atoms with Crippen LogP contribution in [0.4, 0.5) is 0 Å². The lowest BCUT2D eigenvalue weighted by Crippen LogP contribution is -1.92. The molecule has 12 heteroatoms. The van der Waals surface area contributed by atoms with Crippen molar-refractivity contribution in [3.8, 4) is 22.8 Å². The quantitative estimate of drug-likeness (QED) is 0.467. The van der Waals surface area contributed by atoms with Gasteiger partial charge in [-0.25, -0.2) is 9.97 Å². The molecule has 0 amide bonds. The lowest BCUT2D eigenvalue weighted by atomic mass is 10.2. The number of aromatic nitrogens is 12. The molecule has 12 nitrogen and oxygen atoms in total. The Morgan fingerprint density at radius 1 is 0.793 bits per heavy atom. The average Bonchev–Trinajstić information content (AvgIpc) is 3.54. The van der Waals surface area contributed by atoms with Gasteiger partial charge in [0, 0.05) is 48.3 Å². The van der Waals surface area contributed by atoms with Gasteiger partial charge in [-0.1, -0.05) is 0 Å². The van der Waals surface area contributed by atoms with Gasteiger partial charge in [0.15, 0.2) is 0 Å². The number of aryl methyl sites for hydroxylation is 1. The molecule has 142 valence electrons. The maximum atomic E-state index is 4.19. The molecule has 29 heavy (non-hydrogen) atoms. The number of rotatable bonds is 2. The Morgan fingerprint density at radius 3 is 2.00 bits per heavy atom. The van der Waals surface area contributed by atoms with E-state index in [4.69, 9.17) is 0 Å². The number of hydrogen-bond donors (Lipinski definition) is 1. The van der Waals surface area contributed by atoms with Crippen LogP contribution in [0.2, 0.25) is 0 Å². The summed E-state index contributed by atoms with van der Waals surface area (Å²) in [7, 11) is 1.74. The summed E-state index contributed by atoms with van der Waals surface area (Å²) in [5.41, 5.74) is 3.56. The van der Waals surface area contributed by atoms with Crippen LogP contribution in [0.25, 0.3) is 34.1 Å². The van der Waals surface area contributed by atoms with Crippen molar-refractivity contribution in [2.75, 3.05) is 0 Å². The molecule has 0 atom stereocenters. The zero-order chi connectivity index (χ0) is 19.6. The number of pyridine rings is 2. The highest BCUT2D eigenvalue weighted by Crippen LogP contribution is 2.15. The third-order valence-electron chi connectivity index (χ3n) is 4.17. The van der Waals surface area contributed by atoms with Gasteiger partial charge in [0.05, 0.1) is 7.05 Å². The topological polar surface area (TPSA) is 133 Å². The van der Waals surface area contributed by atoms with Crippen LogP contribution in [0.1, 0.15) is 0 Å². The summed E-state index contributed by atoms with van der Waals surface area (Å²) in [6, 6.07) is 7.69. The van der Waals surface area contributed by atoms with Crippen molar-refractivity contribution in [2.24, 2.45) is 7.05 Å². The monoisotopic (exact) mass is 386 g/mol. The van der Waals surface area contributed by atoms with Crippen LogP contribution in [-0.2, 0) is 7.05 Å². The van der Waals surface area contributed by atoms with E-state index < -0.39 is 0 Å². The summed E-state index contributed by atoms with van der Waals surface area (Å²) < 4.78 is 3.85. The molecule has 0 spiro atoms. The van der Waals surface area contributed by atoms with E-state index in [-0.39, 0.29) is 0 Å². The second-order valence-electron chi connectivity index (χ2n) is 6.05. The van der Waals surface area contributed by atoms with Crippen molar-refractivity contribution in [1.29, 1.82) is 0 Å². The van der Waals surface area contributed by atoms with Gasteiger partial charge < -0.3 is 8.80 Å². The fourth-order valence-corrected chi connectivity index (χ4v) is 2.78. The van der Waals surface area contributed by atoms with E-state index in [0.29, 0.717) is 11.6 Å². The van der Waals surface area contributed by atoms with Gasteiger partial charge >= 0.3 is 0 Å². The molecule has 0 fully saturated rings. The van der Waals surface area contributed by atoms with Crippen LogP contribution in [0, 0.1) is 0 Å². The van der Waals surface area contributed by atoms with E-state index in [1.807, 2.05) is 57.9 Å². The predicted octanol–water partition coefficient (Wildman–Crippen LogP) is 1.04. The van der Waals surface area contributed by atoms with Gasteiger partial charge in [-0.15, -0.1) is 20.4 Å². The molecule has 0 aliphatic carbocycles. The Bertz CT molecular complexity index is 1370. The number of H-pyrrole nitrogens is 1. The number of fused-ring (bicyclic) bond motifs is 2. The molecule has 6 heterocycles. The number of imidazole rings is 2. The highest BCUT2D eigenvalue weighted by Gasteiger charge is 2.05. The summed E-state index contributed by atoms with van der Waals surface area (Å²) in [4.78, 5) is 9.79. The van der Waals surface area contributed by atoms with Crippen molar-refractivity contribution in [1.82, 2.24) is 59.6 Å². The standard InChI is InChI=1S/C9H8N6.C8H6N6/c1-14-12-9(11-13-14)7-2-4-15-5-3-10-8(15)6-7;1-3-14-4-2-9-7(14)5-6(1)8-10-12-13-11-8/h2-6H,1H3;1-5H,(H,10,11,12,13). The van der Waals surface area contributed by atoms with Crippen molar-refractivity contribution in [3.63, 3.8) is 0 Å². The molecule has 6 aromatic rings. The minimum atomic E-state index is 0.579. The van der Waals surface area contributed by atoms with Crippen LogP contribution in [-0.4, -0.2) is 59.6 Å². The van der Waals surface area contributed by atoms with Gasteiger partial charge in [-0.2, -0.15) is 10.0 Å². The van der Waals surface area contributed by atoms with Gasteiger partial charge in [-0.05, 0) is 34.7 Å². The van der Waals surface area contributed by atoms with Crippen LogP contribution < -0.4 is 0 Å². The third kappa shape index (κ3) is 3.29. The summed E-state index contributed by atoms with van der Waals surface area (Å²) >= 11 is 0. The van der Waals surface area contributed by atoms with Crippen molar-refractivity contribution < 1.29 is 0 Å². The first-order chi connectivity index (χ1) is 14.3. The average molecular weight is 386 g/mol. The number of hydrogen-bond acceptors (Lipinski definition) is 8. The zero-order valence-corrected chi connectivity index (χ0v) is 15.2. The van der Waals surface area contributed by atoms with Crippen LogP contribution >= 0.6 is 0 Å². The van der Waals surface area contributed by atoms with Crippen molar-refractivity contribution >= 4 is 11.3 Å². The summed E-state index contributed by atoms with van der Waals surface area (Å²) in [6.07, 6.45) is 11.1. The van der Waals surface area contributed by atoms with Crippen LogP contribution in [0.3, 0.4) is 0 Å². The fraction of sp³-hybridized carbons (Fsp3) is 0.0588. The molecule has 6 rings (SSSR count). The second-order valence-corrected chi connectivity index (χ2v) is 6.05. The summed E-state index contributed by atoms with van der Waals surface area (Å²) in [5, 5.41) is 25.6. The van der Waals surface area contributed by atoms with E-state index >= 15 is 0 Å². The molecule has 0 saturated heterocycles. The predicted molar refractivity (Wildman–Crippen MR) is 101 cm³/mol. The largest absolute Gasteiger partial charge is 0.307 e. The minimum Gasteiger partial charge on any atom is -0.307 e. The maximum Gasteiger partial charge on any atom is 0.205 e. The van der Waals surface area contributed by atoms with Gasteiger partial charge in [0.2, 0.25) is 11.6 Å². The van der Waals surface area contributed by atoms with Crippen molar-refractivity contribution in [3.05, 3.63) is 61.4 Å². The molecule has 0 radical (unpaired) electrons. The molecular formula is C17H14N12. The van der Waals surface area contributed by atoms with E-state index in [0.717, 1.165) is 22.4 Å². The van der Waals surface area contributed by atoms with E-state index in [9.17, 15) is 0 Å². The van der Waals surface area contributed by atoms with Gasteiger partial charge in [-0.3, -0.25) is 0 Å². The molecule has 1 N–H and O–H groups in total. The first kappa shape index (κ1) is 16.7. The minimum absolute atomic E-state index is 0.579. The van der Waals surface area contributed by atoms with Gasteiger partial charge in [0.25, 0.3) is 0 Å². The molecule has 0 aliphatic rings. The summed E-state index contributed by atoms with van der Waals surface area (Å²) in [6.45, 7) is 0. The number of nitrogens with one attached hydrogen (secondary N) is 1. The lowest BCUT2D eigenvalue weighted by Gasteiger charge is -1.95. The molecule has 0 unspecified atom stereocenters. The molecule has 6 aromatic heterocycles. The highest BCUT2D eigenvalue weighted by molar-refractivity contribution is 5.61. The van der Waals surface area contributed by atoms with E-state index in [2.05, 4.69) is 46.0 Å². The van der Waals surface area contributed by atoms with E-state index in [1.165, 1.54) is 4.80 Å². The Hall–Kier alpha value is -4.48. The summed E-state index contributed by atoms with van der Waals surface area (Å²) in [5.74, 6) is 1.19. The maximum absolute atomic E-state index is 4.19. The Labute approximate surface area is 162 Å². The molecule has 0 saturated carbocycles. The lowest BCUT2D eigenvalue weighted by molar-refractivity contribution is 0.630. The first-order valence-electron chi connectivity index (χ1n) is 8.60. The van der Waals surface area contributed by atoms with Gasteiger partial charge in [0.1, 0.15) is 11.3 Å². The molecule has 0 aliphatic heterocycles. The Kier molecular flexibility index (Phi) is 3.98. The zero-order valence-electron chi connectivity index (χ0n) is 15.2. The third-order valence-corrected chi connectivity index (χ3v) is 4.17. The number of aromatic amines is 1. The first-order valence-corrected chi connectivity index (χ1v) is 8.60. The number of tetrazole rings is 2. The Balaban J connectivity index is 0.000000125. The smallest absolute Gasteiger partial charge is 0.205 e. The second kappa shape index (κ2) is 6.92. The molecular weight excluding hydrogens is 372 g/mol. The van der Waals surface area contributed by atoms with Crippen LogP contribution in [0.5, 0.6) is 0 Å². The SMILES string of the molecule is Cn1nnc(-c2ccn3ccnc3c2)n1.c1cn2ccc(-c3nn[nH]n3)cc2n1. The highest BCUT2D eigenvalue weighted by atomic mass is 15.6.